The van der Waals surface area contributed by atoms with Gasteiger partial charge in [-0.3, -0.25) is 4.79 Å². The average Bonchev–Trinajstić information content (AvgIpc) is 3.17. The smallest absolute Gasteiger partial charge is 0.231 e. The molecule has 0 atom stereocenters. The van der Waals surface area contributed by atoms with Gasteiger partial charge in [-0.05, 0) is 67.1 Å². The Hall–Kier alpha value is -3.73. The molecule has 0 saturated heterocycles. The summed E-state index contributed by atoms with van der Waals surface area (Å²) < 4.78 is 24.6. The predicted molar refractivity (Wildman–Crippen MR) is 110 cm³/mol. The van der Waals surface area contributed by atoms with Crippen LogP contribution in [0.2, 0.25) is 0 Å². The molecular formula is C24H18FNO3. The van der Waals surface area contributed by atoms with E-state index in [2.05, 4.69) is 4.98 Å². The predicted octanol–water partition coefficient (Wildman–Crippen LogP) is 5.79. The summed E-state index contributed by atoms with van der Waals surface area (Å²) in [5, 5.41) is 0. The molecular weight excluding hydrogens is 369 g/mol. The topological polar surface area (TPSA) is 52.3 Å². The number of fused-ring (bicyclic) bond motifs is 1. The molecule has 144 valence electrons. The summed E-state index contributed by atoms with van der Waals surface area (Å²) >= 11 is 0. The Labute approximate surface area is 167 Å². The first-order valence-electron chi connectivity index (χ1n) is 9.25. The molecule has 5 heteroatoms. The first-order valence-corrected chi connectivity index (χ1v) is 9.25. The van der Waals surface area contributed by atoms with E-state index in [0.29, 0.717) is 34.6 Å². The van der Waals surface area contributed by atoms with E-state index in [1.807, 2.05) is 25.1 Å². The zero-order chi connectivity index (χ0) is 20.2. The molecule has 1 heterocycles. The molecule has 0 aliphatic rings. The summed E-state index contributed by atoms with van der Waals surface area (Å²) in [5.74, 6) is 0.316. The van der Waals surface area contributed by atoms with Crippen LogP contribution in [0, 0.1) is 5.82 Å². The number of benzene rings is 3. The molecule has 3 aromatic carbocycles. The monoisotopic (exact) mass is 387 g/mol. The van der Waals surface area contributed by atoms with E-state index in [1.54, 1.807) is 48.5 Å². The maximum absolute atomic E-state index is 13.3. The fraction of sp³-hybridized carbons (Fsp3) is 0.0833. The van der Waals surface area contributed by atoms with E-state index in [9.17, 15) is 9.18 Å². The number of carbonyl (C=O) groups excluding carboxylic acids is 1. The Morgan fingerprint density at radius 3 is 2.45 bits per heavy atom. The van der Waals surface area contributed by atoms with Gasteiger partial charge in [0.05, 0.1) is 12.2 Å². The molecule has 0 aliphatic carbocycles. The fourth-order valence-electron chi connectivity index (χ4n) is 2.96. The molecule has 0 unspecified atom stereocenters. The second-order valence-corrected chi connectivity index (χ2v) is 6.38. The van der Waals surface area contributed by atoms with Crippen LogP contribution in [0.5, 0.6) is 5.75 Å². The summed E-state index contributed by atoms with van der Waals surface area (Å²) in [4.78, 5) is 17.7. The van der Waals surface area contributed by atoms with Gasteiger partial charge in [0.2, 0.25) is 5.89 Å². The van der Waals surface area contributed by atoms with Gasteiger partial charge in [0.25, 0.3) is 0 Å². The van der Waals surface area contributed by atoms with Crippen LogP contribution < -0.4 is 4.74 Å². The number of Topliss-reactive ketones (excluding diaryl/α,β-unsaturated/α-hetero) is 1. The average molecular weight is 387 g/mol. The molecule has 0 saturated carbocycles. The van der Waals surface area contributed by atoms with Crippen LogP contribution in [0.15, 0.2) is 77.2 Å². The lowest BCUT2D eigenvalue weighted by atomic mass is 10.0. The van der Waals surface area contributed by atoms with Crippen molar-refractivity contribution in [3.05, 3.63) is 95.6 Å². The molecule has 4 nitrogen and oxygen atoms in total. The minimum atomic E-state index is -0.344. The fourth-order valence-corrected chi connectivity index (χ4v) is 2.96. The largest absolute Gasteiger partial charge is 0.494 e. The molecule has 4 aromatic rings. The summed E-state index contributed by atoms with van der Waals surface area (Å²) in [7, 11) is 0. The zero-order valence-corrected chi connectivity index (χ0v) is 15.8. The molecule has 0 aliphatic heterocycles. The van der Waals surface area contributed by atoms with Crippen LogP contribution in [0.1, 0.15) is 28.7 Å². The number of carbonyl (C=O) groups is 1. The Morgan fingerprint density at radius 1 is 1.03 bits per heavy atom. The Bertz CT molecular complexity index is 1140. The Morgan fingerprint density at radius 2 is 1.76 bits per heavy atom. The van der Waals surface area contributed by atoms with Crippen LogP contribution >= 0.6 is 0 Å². The number of allylic oxidation sites excluding steroid dienone is 1. The number of rotatable bonds is 6. The Kier molecular flexibility index (Phi) is 5.20. The zero-order valence-electron chi connectivity index (χ0n) is 15.8. The van der Waals surface area contributed by atoms with Gasteiger partial charge in [-0.2, -0.15) is 0 Å². The maximum atomic E-state index is 13.3. The van der Waals surface area contributed by atoms with Gasteiger partial charge in [0.1, 0.15) is 17.1 Å². The Balaban J connectivity index is 1.78. The SMILES string of the molecule is CCOc1ccc(C(=O)/C(=C\c2ccc(F)cc2)c2nc3ccccc3o2)cc1. The lowest BCUT2D eigenvalue weighted by molar-refractivity contribution is 0.105. The van der Waals surface area contributed by atoms with E-state index in [-0.39, 0.29) is 23.1 Å². The molecule has 0 N–H and O–H groups in total. The third-order valence-corrected chi connectivity index (χ3v) is 4.38. The van der Waals surface area contributed by atoms with E-state index in [0.717, 1.165) is 0 Å². The van der Waals surface area contributed by atoms with Crippen LogP contribution in [-0.4, -0.2) is 17.4 Å². The van der Waals surface area contributed by atoms with Crippen molar-refractivity contribution in [2.45, 2.75) is 6.92 Å². The molecule has 29 heavy (non-hydrogen) atoms. The molecule has 1 aromatic heterocycles. The highest BCUT2D eigenvalue weighted by atomic mass is 19.1. The quantitative estimate of drug-likeness (QED) is 0.310. The van der Waals surface area contributed by atoms with Crippen LogP contribution in [0.4, 0.5) is 4.39 Å². The molecule has 0 amide bonds. The highest BCUT2D eigenvalue weighted by Crippen LogP contribution is 2.27. The van der Waals surface area contributed by atoms with Crippen molar-refractivity contribution in [3.8, 4) is 5.75 Å². The summed E-state index contributed by atoms with van der Waals surface area (Å²) in [5.41, 5.74) is 2.68. The van der Waals surface area contributed by atoms with Crippen molar-refractivity contribution in [2.24, 2.45) is 0 Å². The van der Waals surface area contributed by atoms with Crippen molar-refractivity contribution in [1.29, 1.82) is 0 Å². The van der Waals surface area contributed by atoms with Crippen LogP contribution in [0.25, 0.3) is 22.7 Å². The van der Waals surface area contributed by atoms with Gasteiger partial charge in [-0.25, -0.2) is 9.37 Å². The highest BCUT2D eigenvalue weighted by molar-refractivity contribution is 6.31. The second kappa shape index (κ2) is 8.10. The van der Waals surface area contributed by atoms with Crippen molar-refractivity contribution < 1.29 is 18.3 Å². The number of ketones is 1. The summed E-state index contributed by atoms with van der Waals surface area (Å²) in [6.45, 7) is 2.45. The second-order valence-electron chi connectivity index (χ2n) is 6.38. The number of para-hydroxylation sites is 2. The molecule has 0 bridgehead atoms. The third kappa shape index (κ3) is 4.09. The maximum Gasteiger partial charge on any atom is 0.231 e. The van der Waals surface area contributed by atoms with Gasteiger partial charge in [0.15, 0.2) is 11.4 Å². The number of ether oxygens (including phenoxy) is 1. The van der Waals surface area contributed by atoms with Crippen molar-refractivity contribution in [3.63, 3.8) is 0 Å². The normalized spacial score (nSPS) is 11.6. The molecule has 0 radical (unpaired) electrons. The number of hydrogen-bond donors (Lipinski definition) is 0. The van der Waals surface area contributed by atoms with Gasteiger partial charge >= 0.3 is 0 Å². The lowest BCUT2D eigenvalue weighted by Crippen LogP contribution is -2.03. The number of oxazole rings is 1. The minimum absolute atomic E-state index is 0.217. The molecule has 0 fully saturated rings. The van der Waals surface area contributed by atoms with Crippen molar-refractivity contribution >= 4 is 28.5 Å². The number of hydrogen-bond acceptors (Lipinski definition) is 4. The van der Waals surface area contributed by atoms with Crippen LogP contribution in [-0.2, 0) is 0 Å². The van der Waals surface area contributed by atoms with Gasteiger partial charge in [-0.15, -0.1) is 0 Å². The van der Waals surface area contributed by atoms with E-state index < -0.39 is 0 Å². The molecule has 0 spiro atoms. The lowest BCUT2D eigenvalue weighted by Gasteiger charge is -2.06. The minimum Gasteiger partial charge on any atom is -0.494 e. The van der Waals surface area contributed by atoms with Gasteiger partial charge in [-0.1, -0.05) is 24.3 Å². The van der Waals surface area contributed by atoms with Crippen LogP contribution in [0.3, 0.4) is 0 Å². The molecule has 4 rings (SSSR count). The first kappa shape index (κ1) is 18.6. The van der Waals surface area contributed by atoms with Crippen molar-refractivity contribution in [1.82, 2.24) is 4.98 Å². The first-order chi connectivity index (χ1) is 14.1. The number of halogens is 1. The van der Waals surface area contributed by atoms with E-state index >= 15 is 0 Å². The summed E-state index contributed by atoms with van der Waals surface area (Å²) in [6.07, 6.45) is 1.66. The standard InChI is InChI=1S/C24H18FNO3/c1-2-28-19-13-9-17(10-14-19)23(27)20(15-16-7-11-18(25)12-8-16)24-26-21-5-3-4-6-22(21)29-24/h3-15H,2H2,1H3/b20-15+. The third-order valence-electron chi connectivity index (χ3n) is 4.38. The van der Waals surface area contributed by atoms with E-state index in [1.165, 1.54) is 12.1 Å². The van der Waals surface area contributed by atoms with E-state index in [4.69, 9.17) is 9.15 Å². The van der Waals surface area contributed by atoms with Crippen molar-refractivity contribution in [2.75, 3.05) is 6.61 Å². The summed E-state index contributed by atoms with van der Waals surface area (Å²) in [6, 6.07) is 20.1. The van der Waals surface area contributed by atoms with Gasteiger partial charge in [0, 0.05) is 5.56 Å². The van der Waals surface area contributed by atoms with Gasteiger partial charge < -0.3 is 9.15 Å². The highest BCUT2D eigenvalue weighted by Gasteiger charge is 2.20. The number of nitrogens with zero attached hydrogens (tertiary/aromatic N) is 1. The number of aromatic nitrogens is 1.